The highest BCUT2D eigenvalue weighted by molar-refractivity contribution is 5.74. The molecule has 18 heavy (non-hydrogen) atoms. The second-order valence-electron chi connectivity index (χ2n) is 5.53. The molecule has 0 N–H and O–H groups in total. The Kier molecular flexibility index (Phi) is 4.87. The molecule has 0 saturated heterocycles. The fraction of sp³-hybridized carbons (Fsp3) is 0.786. The van der Waals surface area contributed by atoms with E-state index in [-0.39, 0.29) is 0 Å². The van der Waals surface area contributed by atoms with Crippen molar-refractivity contribution in [1.29, 1.82) is 10.5 Å². The summed E-state index contributed by atoms with van der Waals surface area (Å²) in [7, 11) is 0. The minimum absolute atomic E-state index is 0.657. The molecule has 0 saturated carbocycles. The van der Waals surface area contributed by atoms with E-state index < -0.39 is 11.1 Å². The number of aliphatic imine (C=N–C) groups is 1. The Balaban J connectivity index is 3.09. The van der Waals surface area contributed by atoms with Crippen LogP contribution < -0.4 is 0 Å². The molecule has 0 aromatic rings. The van der Waals surface area contributed by atoms with Crippen LogP contribution in [0.25, 0.3) is 0 Å². The normalized spacial score (nSPS) is 27.2. The molecular formula is C14H22N4. The molecule has 98 valence electrons. The molecule has 0 fully saturated rings. The highest BCUT2D eigenvalue weighted by Crippen LogP contribution is 2.25. The van der Waals surface area contributed by atoms with Gasteiger partial charge in [-0.15, -0.1) is 0 Å². The van der Waals surface area contributed by atoms with E-state index in [1.165, 1.54) is 6.42 Å². The van der Waals surface area contributed by atoms with Crippen LogP contribution in [0, 0.1) is 22.7 Å². The molecule has 0 aromatic heterocycles. The number of nitrogens with zero attached hydrogens (tertiary/aromatic N) is 4. The Hall–Kier alpha value is -1.39. The van der Waals surface area contributed by atoms with Gasteiger partial charge >= 0.3 is 0 Å². The minimum atomic E-state index is -0.795. The van der Waals surface area contributed by atoms with Crippen molar-refractivity contribution in [2.24, 2.45) is 4.99 Å². The van der Waals surface area contributed by atoms with Gasteiger partial charge in [0.15, 0.2) is 0 Å². The Morgan fingerprint density at radius 2 is 1.89 bits per heavy atom. The maximum Gasteiger partial charge on any atom is 0.142 e. The Bertz CT molecular complexity index is 386. The van der Waals surface area contributed by atoms with Crippen LogP contribution in [0.1, 0.15) is 46.5 Å². The summed E-state index contributed by atoms with van der Waals surface area (Å²) < 4.78 is 0. The van der Waals surface area contributed by atoms with Crippen molar-refractivity contribution in [1.82, 2.24) is 4.90 Å². The fourth-order valence-electron chi connectivity index (χ4n) is 2.38. The Morgan fingerprint density at radius 1 is 1.22 bits per heavy atom. The van der Waals surface area contributed by atoms with Crippen LogP contribution in [0.15, 0.2) is 4.99 Å². The fourth-order valence-corrected chi connectivity index (χ4v) is 2.38. The third-order valence-corrected chi connectivity index (χ3v) is 3.50. The van der Waals surface area contributed by atoms with Crippen LogP contribution in [-0.2, 0) is 0 Å². The average molecular weight is 246 g/mol. The summed E-state index contributed by atoms with van der Waals surface area (Å²) in [6.45, 7) is 7.11. The van der Waals surface area contributed by atoms with Crippen molar-refractivity contribution >= 4 is 6.21 Å². The van der Waals surface area contributed by atoms with E-state index in [2.05, 4.69) is 17.1 Å². The molecule has 0 radical (unpaired) electrons. The lowest BCUT2D eigenvalue weighted by Crippen LogP contribution is -2.57. The predicted molar refractivity (Wildman–Crippen MR) is 72.2 cm³/mol. The highest BCUT2D eigenvalue weighted by Gasteiger charge is 2.40. The second kappa shape index (κ2) is 5.98. The largest absolute Gasteiger partial charge is 0.294 e. The van der Waals surface area contributed by atoms with Crippen LogP contribution in [0.4, 0.5) is 0 Å². The van der Waals surface area contributed by atoms with E-state index in [1.807, 2.05) is 25.7 Å². The quantitative estimate of drug-likeness (QED) is 0.714. The van der Waals surface area contributed by atoms with E-state index in [0.717, 1.165) is 32.4 Å². The molecular weight excluding hydrogens is 224 g/mol. The standard InChI is InChI=1S/C14H22N4/c1-13(2,10-15)18-9-7-5-4-6-8-17-12-14(18,3)11-16/h12H,4-9H2,1-3H3. The van der Waals surface area contributed by atoms with Crippen molar-refractivity contribution in [3.8, 4) is 12.1 Å². The van der Waals surface area contributed by atoms with Gasteiger partial charge in [-0.3, -0.25) is 9.89 Å². The third kappa shape index (κ3) is 3.31. The molecule has 1 rings (SSSR count). The number of hydrogen-bond donors (Lipinski definition) is 0. The topological polar surface area (TPSA) is 63.2 Å². The molecule has 4 heteroatoms. The van der Waals surface area contributed by atoms with E-state index in [1.54, 1.807) is 6.21 Å². The van der Waals surface area contributed by atoms with Gasteiger partial charge in [0, 0.05) is 19.3 Å². The first-order chi connectivity index (χ1) is 8.46. The maximum atomic E-state index is 9.47. The van der Waals surface area contributed by atoms with Gasteiger partial charge in [0.1, 0.15) is 11.1 Å². The summed E-state index contributed by atoms with van der Waals surface area (Å²) in [5, 5.41) is 18.8. The SMILES string of the molecule is CC(C)(C#N)N1CCCCCCN=CC1(C)C#N. The lowest BCUT2D eigenvalue weighted by atomic mass is 9.93. The molecule has 0 bridgehead atoms. The van der Waals surface area contributed by atoms with Crippen molar-refractivity contribution in [3.05, 3.63) is 0 Å². The van der Waals surface area contributed by atoms with Crippen LogP contribution in [0.5, 0.6) is 0 Å². The molecule has 0 aliphatic carbocycles. The Morgan fingerprint density at radius 3 is 2.50 bits per heavy atom. The molecule has 1 heterocycles. The third-order valence-electron chi connectivity index (χ3n) is 3.50. The lowest BCUT2D eigenvalue weighted by Gasteiger charge is -2.41. The van der Waals surface area contributed by atoms with E-state index in [4.69, 9.17) is 0 Å². The maximum absolute atomic E-state index is 9.47. The van der Waals surface area contributed by atoms with E-state index in [0.29, 0.717) is 0 Å². The summed E-state index contributed by atoms with van der Waals surface area (Å²) in [4.78, 5) is 6.32. The van der Waals surface area contributed by atoms with Gasteiger partial charge in [0.2, 0.25) is 0 Å². The monoisotopic (exact) mass is 246 g/mol. The summed E-state index contributed by atoms with van der Waals surface area (Å²) in [5.74, 6) is 0. The van der Waals surface area contributed by atoms with Crippen molar-refractivity contribution in [3.63, 3.8) is 0 Å². The first kappa shape index (κ1) is 14.7. The Labute approximate surface area is 110 Å². The lowest BCUT2D eigenvalue weighted by molar-refractivity contribution is 0.112. The number of rotatable bonds is 1. The van der Waals surface area contributed by atoms with Gasteiger partial charge in [-0.1, -0.05) is 12.8 Å². The molecule has 0 aromatic carbocycles. The van der Waals surface area contributed by atoms with E-state index in [9.17, 15) is 10.5 Å². The average Bonchev–Trinajstić information content (AvgIpc) is 2.36. The summed E-state index contributed by atoms with van der Waals surface area (Å²) in [6.07, 6.45) is 6.13. The molecule has 1 aliphatic heterocycles. The zero-order chi connectivity index (χ0) is 13.6. The summed E-state index contributed by atoms with van der Waals surface area (Å²) in [5.41, 5.74) is -1.45. The van der Waals surface area contributed by atoms with Gasteiger partial charge in [-0.05, 0) is 33.6 Å². The second-order valence-corrected chi connectivity index (χ2v) is 5.53. The zero-order valence-corrected chi connectivity index (χ0v) is 11.6. The van der Waals surface area contributed by atoms with Crippen LogP contribution in [-0.4, -0.2) is 35.3 Å². The molecule has 4 nitrogen and oxygen atoms in total. The minimum Gasteiger partial charge on any atom is -0.294 e. The van der Waals surface area contributed by atoms with Crippen molar-refractivity contribution < 1.29 is 0 Å². The van der Waals surface area contributed by atoms with Crippen molar-refractivity contribution in [2.75, 3.05) is 13.1 Å². The molecule has 0 amide bonds. The van der Waals surface area contributed by atoms with Gasteiger partial charge in [0.25, 0.3) is 0 Å². The first-order valence-electron chi connectivity index (χ1n) is 6.57. The van der Waals surface area contributed by atoms with Crippen LogP contribution in [0.3, 0.4) is 0 Å². The molecule has 1 atom stereocenters. The highest BCUT2D eigenvalue weighted by atomic mass is 15.2. The summed E-state index contributed by atoms with van der Waals surface area (Å²) in [6, 6.07) is 4.61. The zero-order valence-electron chi connectivity index (χ0n) is 11.6. The van der Waals surface area contributed by atoms with Crippen molar-refractivity contribution in [2.45, 2.75) is 57.5 Å². The predicted octanol–water partition coefficient (Wildman–Crippen LogP) is 2.52. The van der Waals surface area contributed by atoms with Crippen LogP contribution in [0.2, 0.25) is 0 Å². The smallest absolute Gasteiger partial charge is 0.142 e. The number of nitriles is 2. The molecule has 1 aliphatic rings. The van der Waals surface area contributed by atoms with Gasteiger partial charge in [-0.2, -0.15) is 10.5 Å². The molecule has 0 spiro atoms. The van der Waals surface area contributed by atoms with Gasteiger partial charge in [-0.25, -0.2) is 0 Å². The van der Waals surface area contributed by atoms with Gasteiger partial charge in [0.05, 0.1) is 12.1 Å². The molecule has 1 unspecified atom stereocenters. The number of hydrogen-bond acceptors (Lipinski definition) is 4. The van der Waals surface area contributed by atoms with E-state index >= 15 is 0 Å². The van der Waals surface area contributed by atoms with Crippen LogP contribution >= 0.6 is 0 Å². The van der Waals surface area contributed by atoms with Gasteiger partial charge < -0.3 is 0 Å². The first-order valence-corrected chi connectivity index (χ1v) is 6.57. The summed E-state index contributed by atoms with van der Waals surface area (Å²) >= 11 is 0.